The molecule has 0 bridgehead atoms. The van der Waals surface area contributed by atoms with Crippen molar-refractivity contribution < 1.29 is 22.8 Å². The predicted octanol–water partition coefficient (Wildman–Crippen LogP) is 6.82. The molecular formula is C28H25ClF3N7O2. The number of benzene rings is 3. The number of amides is 3. The van der Waals surface area contributed by atoms with Crippen molar-refractivity contribution in [2.45, 2.75) is 19.6 Å². The number of nitrogens with one attached hydrogen (secondary N) is 5. The van der Waals surface area contributed by atoms with Crippen LogP contribution >= 0.6 is 11.6 Å². The molecule has 0 unspecified atom stereocenters. The molecule has 41 heavy (non-hydrogen) atoms. The Morgan fingerprint density at radius 3 is 2.29 bits per heavy atom. The van der Waals surface area contributed by atoms with Crippen LogP contribution in [0, 0.1) is 6.92 Å². The first kappa shape index (κ1) is 29.2. The minimum atomic E-state index is -4.64. The molecule has 0 fully saturated rings. The second-order valence-electron chi connectivity index (χ2n) is 8.82. The van der Waals surface area contributed by atoms with E-state index in [1.165, 1.54) is 6.07 Å². The molecule has 0 saturated carbocycles. The van der Waals surface area contributed by atoms with Crippen LogP contribution in [0.1, 0.15) is 27.0 Å². The molecule has 0 aliphatic rings. The summed E-state index contributed by atoms with van der Waals surface area (Å²) in [7, 11) is 1.57. The standard InChI is InChI=1S/C28H25ClF3N7O2/c1-16-3-6-19(13-21(16)25(40)33-2)36-26-34-12-11-24(39-26)35-15-17-4-7-18(8-5-17)37-27(41)38-20-9-10-23(29)22(14-20)28(30,31)32/h3-14H,15H2,1-2H3,(H,33,40)(H2,37,38,41)(H2,34,35,36,39). The summed E-state index contributed by atoms with van der Waals surface area (Å²) in [5.41, 5.74) is 2.29. The number of nitrogens with zero attached hydrogens (tertiary/aromatic N) is 2. The summed E-state index contributed by atoms with van der Waals surface area (Å²) in [4.78, 5) is 33.0. The van der Waals surface area contributed by atoms with Crippen LogP contribution in [0.4, 0.5) is 46.8 Å². The van der Waals surface area contributed by atoms with Crippen molar-refractivity contribution in [2.24, 2.45) is 0 Å². The Morgan fingerprint density at radius 2 is 1.59 bits per heavy atom. The number of aromatic nitrogens is 2. The number of carbonyl (C=O) groups excluding carboxylic acids is 2. The van der Waals surface area contributed by atoms with E-state index in [0.29, 0.717) is 35.2 Å². The third-order valence-electron chi connectivity index (χ3n) is 5.84. The molecule has 13 heteroatoms. The fourth-order valence-electron chi connectivity index (χ4n) is 3.74. The van der Waals surface area contributed by atoms with Crippen molar-refractivity contribution in [3.05, 3.63) is 100 Å². The van der Waals surface area contributed by atoms with Gasteiger partial charge in [0.25, 0.3) is 5.91 Å². The Morgan fingerprint density at radius 1 is 0.902 bits per heavy atom. The van der Waals surface area contributed by atoms with Gasteiger partial charge in [0.1, 0.15) is 5.82 Å². The zero-order valence-corrected chi connectivity index (χ0v) is 22.6. The number of hydrogen-bond acceptors (Lipinski definition) is 6. The van der Waals surface area contributed by atoms with Crippen LogP contribution in [-0.2, 0) is 12.7 Å². The van der Waals surface area contributed by atoms with E-state index in [1.807, 2.05) is 19.1 Å². The third kappa shape index (κ3) is 7.85. The van der Waals surface area contributed by atoms with Gasteiger partial charge in [-0.15, -0.1) is 0 Å². The molecule has 1 aromatic heterocycles. The highest BCUT2D eigenvalue weighted by Crippen LogP contribution is 2.36. The van der Waals surface area contributed by atoms with Crippen LogP contribution in [0.3, 0.4) is 0 Å². The van der Waals surface area contributed by atoms with E-state index in [-0.39, 0.29) is 11.6 Å². The predicted molar refractivity (Wildman–Crippen MR) is 153 cm³/mol. The van der Waals surface area contributed by atoms with Gasteiger partial charge < -0.3 is 26.6 Å². The molecule has 3 aromatic carbocycles. The summed E-state index contributed by atoms with van der Waals surface area (Å²) in [5, 5.41) is 13.4. The van der Waals surface area contributed by atoms with Gasteiger partial charge in [-0.3, -0.25) is 4.79 Å². The van der Waals surface area contributed by atoms with Gasteiger partial charge in [-0.25, -0.2) is 9.78 Å². The van der Waals surface area contributed by atoms with E-state index in [4.69, 9.17) is 11.6 Å². The number of carbonyl (C=O) groups is 2. The summed E-state index contributed by atoms with van der Waals surface area (Å²) in [6.45, 7) is 2.27. The number of urea groups is 1. The van der Waals surface area contributed by atoms with E-state index in [1.54, 1.807) is 49.6 Å². The lowest BCUT2D eigenvalue weighted by atomic mass is 10.1. The van der Waals surface area contributed by atoms with Gasteiger partial charge >= 0.3 is 12.2 Å². The molecular weight excluding hydrogens is 559 g/mol. The van der Waals surface area contributed by atoms with E-state index in [9.17, 15) is 22.8 Å². The quantitative estimate of drug-likeness (QED) is 0.155. The number of rotatable bonds is 8. The monoisotopic (exact) mass is 583 g/mol. The van der Waals surface area contributed by atoms with Crippen LogP contribution in [0.2, 0.25) is 5.02 Å². The van der Waals surface area contributed by atoms with Gasteiger partial charge in [0, 0.05) is 42.4 Å². The second-order valence-corrected chi connectivity index (χ2v) is 9.23. The van der Waals surface area contributed by atoms with Gasteiger partial charge in [-0.05, 0) is 66.6 Å². The van der Waals surface area contributed by atoms with Crippen LogP contribution in [0.15, 0.2) is 72.9 Å². The highest BCUT2D eigenvalue weighted by molar-refractivity contribution is 6.31. The molecule has 0 aliphatic heterocycles. The first-order valence-corrected chi connectivity index (χ1v) is 12.6. The summed E-state index contributed by atoms with van der Waals surface area (Å²) in [6, 6.07) is 16.4. The van der Waals surface area contributed by atoms with Crippen LogP contribution < -0.4 is 26.6 Å². The summed E-state index contributed by atoms with van der Waals surface area (Å²) in [6.07, 6.45) is -3.05. The molecule has 4 rings (SSSR count). The Labute approximate surface area is 238 Å². The van der Waals surface area contributed by atoms with Gasteiger partial charge in [0.2, 0.25) is 5.95 Å². The molecule has 212 valence electrons. The van der Waals surface area contributed by atoms with Crippen molar-refractivity contribution in [1.29, 1.82) is 0 Å². The van der Waals surface area contributed by atoms with Crippen molar-refractivity contribution in [3.63, 3.8) is 0 Å². The zero-order valence-electron chi connectivity index (χ0n) is 21.9. The molecule has 0 spiro atoms. The Hall–Kier alpha value is -4.84. The van der Waals surface area contributed by atoms with Gasteiger partial charge in [-0.1, -0.05) is 29.8 Å². The number of anilines is 5. The normalized spacial score (nSPS) is 11.0. The summed E-state index contributed by atoms with van der Waals surface area (Å²) in [5.74, 6) is 0.713. The lowest BCUT2D eigenvalue weighted by molar-refractivity contribution is -0.137. The van der Waals surface area contributed by atoms with Crippen molar-refractivity contribution in [2.75, 3.05) is 28.3 Å². The molecule has 1 heterocycles. The molecule has 0 atom stereocenters. The van der Waals surface area contributed by atoms with Crippen molar-refractivity contribution >= 4 is 52.4 Å². The maximum Gasteiger partial charge on any atom is 0.417 e. The van der Waals surface area contributed by atoms with Crippen LogP contribution in [-0.4, -0.2) is 29.0 Å². The van der Waals surface area contributed by atoms with Crippen LogP contribution in [0.5, 0.6) is 0 Å². The summed E-state index contributed by atoms with van der Waals surface area (Å²) >= 11 is 5.62. The minimum absolute atomic E-state index is 0.0481. The lowest BCUT2D eigenvalue weighted by Crippen LogP contribution is -2.20. The molecule has 0 saturated heterocycles. The summed E-state index contributed by atoms with van der Waals surface area (Å²) < 4.78 is 39.2. The number of aryl methyl sites for hydroxylation is 1. The van der Waals surface area contributed by atoms with Crippen molar-refractivity contribution in [1.82, 2.24) is 15.3 Å². The van der Waals surface area contributed by atoms with Crippen LogP contribution in [0.25, 0.3) is 0 Å². The molecule has 0 aliphatic carbocycles. The Bertz CT molecular complexity index is 1560. The third-order valence-corrected chi connectivity index (χ3v) is 6.17. The second kappa shape index (κ2) is 12.6. The highest BCUT2D eigenvalue weighted by Gasteiger charge is 2.33. The molecule has 9 nitrogen and oxygen atoms in total. The molecule has 5 N–H and O–H groups in total. The van der Waals surface area contributed by atoms with Gasteiger partial charge in [0.05, 0.1) is 10.6 Å². The molecule has 0 radical (unpaired) electrons. The Balaban J connectivity index is 1.32. The lowest BCUT2D eigenvalue weighted by Gasteiger charge is -2.13. The SMILES string of the molecule is CNC(=O)c1cc(Nc2nccc(NCc3ccc(NC(=O)Nc4ccc(Cl)c(C(F)(F)F)c4)cc3)n2)ccc1C. The first-order chi connectivity index (χ1) is 19.5. The topological polar surface area (TPSA) is 120 Å². The van der Waals surface area contributed by atoms with E-state index >= 15 is 0 Å². The van der Waals surface area contributed by atoms with Crippen molar-refractivity contribution in [3.8, 4) is 0 Å². The number of hydrogen-bond donors (Lipinski definition) is 5. The Kier molecular flexibility index (Phi) is 8.93. The van der Waals surface area contributed by atoms with Gasteiger partial charge in [0.15, 0.2) is 0 Å². The number of alkyl halides is 3. The van der Waals surface area contributed by atoms with E-state index < -0.39 is 22.8 Å². The highest BCUT2D eigenvalue weighted by atomic mass is 35.5. The average Bonchev–Trinajstić information content (AvgIpc) is 2.94. The molecule has 3 amide bonds. The van der Waals surface area contributed by atoms with Gasteiger partial charge in [-0.2, -0.15) is 18.2 Å². The fourth-order valence-corrected chi connectivity index (χ4v) is 3.96. The van der Waals surface area contributed by atoms with E-state index in [2.05, 4.69) is 36.6 Å². The first-order valence-electron chi connectivity index (χ1n) is 12.2. The molecule has 4 aromatic rings. The number of halogens is 4. The average molecular weight is 584 g/mol. The maximum absolute atomic E-state index is 13.1. The maximum atomic E-state index is 13.1. The largest absolute Gasteiger partial charge is 0.417 e. The zero-order chi connectivity index (χ0) is 29.6. The fraction of sp³-hybridized carbons (Fsp3) is 0.143. The smallest absolute Gasteiger partial charge is 0.366 e. The van der Waals surface area contributed by atoms with E-state index in [0.717, 1.165) is 23.3 Å². The minimum Gasteiger partial charge on any atom is -0.366 e.